The van der Waals surface area contributed by atoms with E-state index in [0.29, 0.717) is 17.2 Å². The number of aromatic nitrogens is 4. The fraction of sp³-hybridized carbons (Fsp3) is 0.0769. The first-order valence-corrected chi connectivity index (χ1v) is 5.90. The second-order valence-electron chi connectivity index (χ2n) is 4.22. The van der Waals surface area contributed by atoms with Crippen LogP contribution in [0.25, 0.3) is 10.9 Å². The Morgan fingerprint density at radius 2 is 2.05 bits per heavy atom. The van der Waals surface area contributed by atoms with Crippen molar-refractivity contribution in [1.82, 2.24) is 19.7 Å². The van der Waals surface area contributed by atoms with Gasteiger partial charge < -0.3 is 10.4 Å². The summed E-state index contributed by atoms with van der Waals surface area (Å²) in [7, 11) is 1.80. The van der Waals surface area contributed by atoms with E-state index in [9.17, 15) is 4.79 Å². The number of para-hydroxylation sites is 1. The van der Waals surface area contributed by atoms with Crippen molar-refractivity contribution in [3.05, 3.63) is 42.4 Å². The van der Waals surface area contributed by atoms with Crippen molar-refractivity contribution < 1.29 is 9.90 Å². The predicted molar refractivity (Wildman–Crippen MR) is 73.0 cm³/mol. The molecule has 7 nitrogen and oxygen atoms in total. The van der Waals surface area contributed by atoms with Crippen LogP contribution in [0.15, 0.2) is 36.5 Å². The molecule has 0 saturated heterocycles. The van der Waals surface area contributed by atoms with Gasteiger partial charge in [-0.05, 0) is 12.1 Å². The maximum atomic E-state index is 11.1. The lowest BCUT2D eigenvalue weighted by Gasteiger charge is -2.07. The third kappa shape index (κ3) is 2.16. The molecule has 1 aromatic carbocycles. The highest BCUT2D eigenvalue weighted by atomic mass is 16.4. The molecule has 0 aliphatic heterocycles. The average Bonchev–Trinajstić information content (AvgIpc) is 2.84. The number of carbonyl (C=O) groups is 1. The van der Waals surface area contributed by atoms with Crippen LogP contribution in [0.5, 0.6) is 0 Å². The molecule has 0 unspecified atom stereocenters. The van der Waals surface area contributed by atoms with E-state index in [1.54, 1.807) is 36.1 Å². The summed E-state index contributed by atoms with van der Waals surface area (Å²) in [6.45, 7) is 0. The predicted octanol–water partition coefficient (Wildman–Crippen LogP) is 1.81. The number of rotatable bonds is 3. The van der Waals surface area contributed by atoms with Crippen LogP contribution in [-0.2, 0) is 7.05 Å². The molecule has 3 aromatic rings. The minimum Gasteiger partial charge on any atom is -0.475 e. The van der Waals surface area contributed by atoms with Crippen molar-refractivity contribution in [2.45, 2.75) is 0 Å². The SMILES string of the molecule is Cn1ccc(Nc2nc(C(=O)O)nc3ccccc23)n1. The number of carboxylic acids is 1. The molecular weight excluding hydrogens is 258 g/mol. The number of nitrogens with one attached hydrogen (secondary N) is 1. The van der Waals surface area contributed by atoms with Gasteiger partial charge in [0.05, 0.1) is 5.52 Å². The number of anilines is 2. The zero-order valence-electron chi connectivity index (χ0n) is 10.6. The minimum absolute atomic E-state index is 0.248. The molecule has 0 saturated carbocycles. The van der Waals surface area contributed by atoms with Crippen molar-refractivity contribution in [1.29, 1.82) is 0 Å². The standard InChI is InChI=1S/C13H11N5O2/c1-18-7-6-10(17-18)15-11-8-4-2-3-5-9(8)14-12(16-11)13(19)20/h2-7H,1H3,(H,19,20)(H,14,15,16,17). The van der Waals surface area contributed by atoms with Gasteiger partial charge >= 0.3 is 5.97 Å². The number of hydrogen-bond acceptors (Lipinski definition) is 5. The van der Waals surface area contributed by atoms with E-state index >= 15 is 0 Å². The highest BCUT2D eigenvalue weighted by molar-refractivity contribution is 5.94. The smallest absolute Gasteiger partial charge is 0.374 e. The summed E-state index contributed by atoms with van der Waals surface area (Å²) in [6, 6.07) is 8.98. The molecule has 7 heteroatoms. The summed E-state index contributed by atoms with van der Waals surface area (Å²) in [5, 5.41) is 17.0. The van der Waals surface area contributed by atoms with Crippen molar-refractivity contribution in [2.75, 3.05) is 5.32 Å². The Morgan fingerprint density at radius 3 is 2.75 bits per heavy atom. The summed E-state index contributed by atoms with van der Waals surface area (Å²) < 4.78 is 1.64. The molecule has 2 N–H and O–H groups in total. The fourth-order valence-corrected chi connectivity index (χ4v) is 1.87. The Morgan fingerprint density at radius 1 is 1.25 bits per heavy atom. The molecule has 0 atom stereocenters. The molecular formula is C13H11N5O2. The molecule has 0 spiro atoms. The minimum atomic E-state index is -1.17. The third-order valence-corrected chi connectivity index (χ3v) is 2.75. The van der Waals surface area contributed by atoms with E-state index in [2.05, 4.69) is 20.4 Å². The van der Waals surface area contributed by atoms with Crippen LogP contribution < -0.4 is 5.32 Å². The van der Waals surface area contributed by atoms with Gasteiger partial charge in [0.25, 0.3) is 0 Å². The van der Waals surface area contributed by atoms with Crippen LogP contribution in [-0.4, -0.2) is 30.8 Å². The molecule has 0 amide bonds. The molecule has 2 heterocycles. The first kappa shape index (κ1) is 12.1. The maximum absolute atomic E-state index is 11.1. The van der Waals surface area contributed by atoms with Crippen LogP contribution in [0.2, 0.25) is 0 Å². The second kappa shape index (κ2) is 4.61. The van der Waals surface area contributed by atoms with E-state index in [-0.39, 0.29) is 5.82 Å². The van der Waals surface area contributed by atoms with Crippen molar-refractivity contribution in [3.8, 4) is 0 Å². The van der Waals surface area contributed by atoms with E-state index in [4.69, 9.17) is 5.11 Å². The third-order valence-electron chi connectivity index (χ3n) is 2.75. The Hall–Kier alpha value is -2.96. The van der Waals surface area contributed by atoms with E-state index < -0.39 is 5.97 Å². The molecule has 20 heavy (non-hydrogen) atoms. The van der Waals surface area contributed by atoms with Gasteiger partial charge in [-0.2, -0.15) is 5.10 Å². The van der Waals surface area contributed by atoms with Crippen LogP contribution in [0.4, 0.5) is 11.6 Å². The molecule has 2 aromatic heterocycles. The van der Waals surface area contributed by atoms with Crippen LogP contribution >= 0.6 is 0 Å². The number of hydrogen-bond donors (Lipinski definition) is 2. The zero-order chi connectivity index (χ0) is 14.1. The number of fused-ring (bicyclic) bond motifs is 1. The fourth-order valence-electron chi connectivity index (χ4n) is 1.87. The molecule has 0 fully saturated rings. The summed E-state index contributed by atoms with van der Waals surface area (Å²) in [5.74, 6) is -0.402. The number of nitrogens with zero attached hydrogens (tertiary/aromatic N) is 4. The van der Waals surface area contributed by atoms with Gasteiger partial charge in [0, 0.05) is 24.7 Å². The lowest BCUT2D eigenvalue weighted by molar-refractivity contribution is 0.0684. The Labute approximate surface area is 113 Å². The number of benzene rings is 1. The lowest BCUT2D eigenvalue weighted by Crippen LogP contribution is -2.07. The topological polar surface area (TPSA) is 92.9 Å². The summed E-state index contributed by atoms with van der Waals surface area (Å²) in [5.41, 5.74) is 0.568. The first-order valence-electron chi connectivity index (χ1n) is 5.90. The number of aryl methyl sites for hydroxylation is 1. The van der Waals surface area contributed by atoms with Gasteiger partial charge in [0.15, 0.2) is 5.82 Å². The first-order chi connectivity index (χ1) is 9.63. The summed E-state index contributed by atoms with van der Waals surface area (Å²) in [4.78, 5) is 19.1. The monoisotopic (exact) mass is 269 g/mol. The van der Waals surface area contributed by atoms with Gasteiger partial charge in [0.2, 0.25) is 5.82 Å². The molecule has 3 rings (SSSR count). The largest absolute Gasteiger partial charge is 0.475 e. The Kier molecular flexibility index (Phi) is 2.79. The van der Waals surface area contributed by atoms with Gasteiger partial charge in [-0.3, -0.25) is 4.68 Å². The Bertz CT molecular complexity index is 796. The molecule has 0 bridgehead atoms. The van der Waals surface area contributed by atoms with Crippen molar-refractivity contribution in [2.24, 2.45) is 7.05 Å². The number of carboxylic acid groups (broad SMARTS) is 1. The average molecular weight is 269 g/mol. The maximum Gasteiger partial charge on any atom is 0.374 e. The molecule has 0 aliphatic rings. The van der Waals surface area contributed by atoms with E-state index in [0.717, 1.165) is 5.39 Å². The summed E-state index contributed by atoms with van der Waals surface area (Å²) >= 11 is 0. The van der Waals surface area contributed by atoms with Gasteiger partial charge in [-0.1, -0.05) is 12.1 Å². The molecule has 100 valence electrons. The molecule has 0 radical (unpaired) electrons. The van der Waals surface area contributed by atoms with Crippen LogP contribution in [0.3, 0.4) is 0 Å². The Balaban J connectivity index is 2.14. The molecule has 0 aliphatic carbocycles. The van der Waals surface area contributed by atoms with Crippen LogP contribution in [0, 0.1) is 0 Å². The summed E-state index contributed by atoms with van der Waals surface area (Å²) in [6.07, 6.45) is 1.78. The number of aromatic carboxylic acids is 1. The second-order valence-corrected chi connectivity index (χ2v) is 4.22. The van der Waals surface area contributed by atoms with Crippen molar-refractivity contribution in [3.63, 3.8) is 0 Å². The zero-order valence-corrected chi connectivity index (χ0v) is 10.6. The van der Waals surface area contributed by atoms with E-state index in [1.807, 2.05) is 12.1 Å². The normalized spacial score (nSPS) is 10.7. The van der Waals surface area contributed by atoms with Gasteiger partial charge in [-0.15, -0.1) is 0 Å². The highest BCUT2D eigenvalue weighted by Crippen LogP contribution is 2.22. The van der Waals surface area contributed by atoms with E-state index in [1.165, 1.54) is 0 Å². The lowest BCUT2D eigenvalue weighted by atomic mass is 10.2. The van der Waals surface area contributed by atoms with Crippen LogP contribution in [0.1, 0.15) is 10.6 Å². The van der Waals surface area contributed by atoms with Crippen molar-refractivity contribution >= 4 is 28.5 Å². The van der Waals surface area contributed by atoms with Gasteiger partial charge in [-0.25, -0.2) is 14.8 Å². The van der Waals surface area contributed by atoms with Gasteiger partial charge in [0.1, 0.15) is 5.82 Å². The quantitative estimate of drug-likeness (QED) is 0.753. The highest BCUT2D eigenvalue weighted by Gasteiger charge is 2.13.